The number of rotatable bonds is 5. The van der Waals surface area contributed by atoms with Crippen LogP contribution in [0.15, 0.2) is 23.8 Å². The van der Waals surface area contributed by atoms with Crippen molar-refractivity contribution < 1.29 is 10.2 Å². The zero-order valence-corrected chi connectivity index (χ0v) is 14.7. The summed E-state index contributed by atoms with van der Waals surface area (Å²) in [6, 6.07) is 0. The van der Waals surface area contributed by atoms with Gasteiger partial charge in [0.25, 0.3) is 0 Å². The zero-order chi connectivity index (χ0) is 16.4. The first-order valence-corrected chi connectivity index (χ1v) is 8.96. The number of aliphatic hydroxyl groups excluding tert-OH is 2. The first-order chi connectivity index (χ1) is 10.4. The fourth-order valence-corrected chi connectivity index (χ4v) is 5.07. The van der Waals surface area contributed by atoms with E-state index in [1.54, 1.807) is 0 Å². The Morgan fingerprint density at radius 1 is 1.32 bits per heavy atom. The van der Waals surface area contributed by atoms with Crippen molar-refractivity contribution in [2.24, 2.45) is 22.7 Å². The summed E-state index contributed by atoms with van der Waals surface area (Å²) in [5, 5.41) is 18.6. The molecule has 0 aromatic rings. The summed E-state index contributed by atoms with van der Waals surface area (Å²) in [6.45, 7) is 11.9. The van der Waals surface area contributed by atoms with Gasteiger partial charge >= 0.3 is 0 Å². The normalized spacial score (nSPS) is 39.7. The molecule has 0 unspecified atom stereocenters. The minimum absolute atomic E-state index is 0.0691. The summed E-state index contributed by atoms with van der Waals surface area (Å²) in [7, 11) is 0. The van der Waals surface area contributed by atoms with E-state index in [1.165, 1.54) is 37.7 Å². The third-order valence-electron chi connectivity index (χ3n) is 7.03. The van der Waals surface area contributed by atoms with E-state index in [0.717, 1.165) is 12.0 Å². The maximum atomic E-state index is 9.47. The highest BCUT2D eigenvalue weighted by atomic mass is 16.3. The Morgan fingerprint density at radius 2 is 2.05 bits per heavy atom. The lowest BCUT2D eigenvalue weighted by Crippen LogP contribution is -2.50. The minimum atomic E-state index is 0.0691. The average Bonchev–Trinajstić information content (AvgIpc) is 2.50. The number of hydrogen-bond donors (Lipinski definition) is 2. The van der Waals surface area contributed by atoms with Crippen LogP contribution in [0.4, 0.5) is 0 Å². The predicted octanol–water partition coefficient (Wildman–Crippen LogP) is 4.48. The zero-order valence-electron chi connectivity index (χ0n) is 14.7. The van der Waals surface area contributed by atoms with Gasteiger partial charge in [0.2, 0.25) is 0 Å². The minimum Gasteiger partial charge on any atom is -0.396 e. The molecule has 0 aromatic heterocycles. The molecular weight excluding hydrogens is 272 g/mol. The standard InChI is InChI=1S/C20H34O2/c1-15-6-5-7-18-19(15,3)11-8-16(2)20(18,4)12-9-17(14-22)10-13-21/h9,16,18,21-22H,1,5-8,10-14H2,2-4H3/b17-9+/t16-,18+,19+,20+/m1/s1. The van der Waals surface area contributed by atoms with Crippen molar-refractivity contribution in [3.05, 3.63) is 23.8 Å². The van der Waals surface area contributed by atoms with Gasteiger partial charge in [0.15, 0.2) is 0 Å². The molecule has 4 atom stereocenters. The molecule has 0 radical (unpaired) electrons. The lowest BCUT2D eigenvalue weighted by Gasteiger charge is -2.58. The summed E-state index contributed by atoms with van der Waals surface area (Å²) in [4.78, 5) is 0. The average molecular weight is 306 g/mol. The van der Waals surface area contributed by atoms with Crippen molar-refractivity contribution in [3.8, 4) is 0 Å². The molecule has 0 heterocycles. The van der Waals surface area contributed by atoms with Crippen LogP contribution in [0.2, 0.25) is 0 Å². The molecule has 2 rings (SSSR count). The van der Waals surface area contributed by atoms with Gasteiger partial charge in [0, 0.05) is 6.61 Å². The van der Waals surface area contributed by atoms with E-state index in [2.05, 4.69) is 33.4 Å². The third-order valence-corrected chi connectivity index (χ3v) is 7.03. The van der Waals surface area contributed by atoms with Crippen molar-refractivity contribution in [2.45, 2.75) is 65.7 Å². The number of hydrogen-bond acceptors (Lipinski definition) is 2. The largest absolute Gasteiger partial charge is 0.396 e. The van der Waals surface area contributed by atoms with Crippen LogP contribution in [0.5, 0.6) is 0 Å². The van der Waals surface area contributed by atoms with Crippen LogP contribution in [0, 0.1) is 22.7 Å². The van der Waals surface area contributed by atoms with Crippen LogP contribution >= 0.6 is 0 Å². The topological polar surface area (TPSA) is 40.5 Å². The van der Waals surface area contributed by atoms with Crippen LogP contribution in [0.25, 0.3) is 0 Å². The van der Waals surface area contributed by atoms with Crippen LogP contribution in [-0.2, 0) is 0 Å². The first-order valence-electron chi connectivity index (χ1n) is 8.96. The van der Waals surface area contributed by atoms with Gasteiger partial charge in [-0.15, -0.1) is 0 Å². The Labute approximate surface area is 136 Å². The molecule has 2 aliphatic carbocycles. The Hall–Kier alpha value is -0.600. The van der Waals surface area contributed by atoms with Gasteiger partial charge in [-0.2, -0.15) is 0 Å². The quantitative estimate of drug-likeness (QED) is 0.735. The van der Waals surface area contributed by atoms with Gasteiger partial charge in [0.1, 0.15) is 0 Å². The lowest BCUT2D eigenvalue weighted by atomic mass is 9.46. The Balaban J connectivity index is 2.26. The van der Waals surface area contributed by atoms with Crippen molar-refractivity contribution >= 4 is 0 Å². The monoisotopic (exact) mass is 306 g/mol. The van der Waals surface area contributed by atoms with Crippen molar-refractivity contribution in [2.75, 3.05) is 13.2 Å². The Kier molecular flexibility index (Phi) is 5.55. The second-order valence-corrected chi connectivity index (χ2v) is 8.11. The highest BCUT2D eigenvalue weighted by molar-refractivity contribution is 5.20. The lowest BCUT2D eigenvalue weighted by molar-refractivity contribution is -0.0473. The molecule has 2 fully saturated rings. The molecule has 22 heavy (non-hydrogen) atoms. The molecule has 0 amide bonds. The summed E-state index contributed by atoms with van der Waals surface area (Å²) < 4.78 is 0. The second-order valence-electron chi connectivity index (χ2n) is 8.11. The molecule has 0 spiro atoms. The van der Waals surface area contributed by atoms with Gasteiger partial charge in [-0.3, -0.25) is 0 Å². The molecule has 2 saturated carbocycles. The highest BCUT2D eigenvalue weighted by Crippen LogP contribution is 2.62. The predicted molar refractivity (Wildman–Crippen MR) is 92.6 cm³/mol. The van der Waals surface area contributed by atoms with Crippen LogP contribution in [0.3, 0.4) is 0 Å². The van der Waals surface area contributed by atoms with E-state index >= 15 is 0 Å². The van der Waals surface area contributed by atoms with E-state index in [9.17, 15) is 5.11 Å². The van der Waals surface area contributed by atoms with Gasteiger partial charge in [-0.25, -0.2) is 0 Å². The molecule has 0 aromatic carbocycles. The molecule has 0 bridgehead atoms. The maximum Gasteiger partial charge on any atom is 0.0642 e. The molecule has 0 saturated heterocycles. The fourth-order valence-electron chi connectivity index (χ4n) is 5.07. The maximum absolute atomic E-state index is 9.47. The Bertz CT molecular complexity index is 439. The number of fused-ring (bicyclic) bond motifs is 1. The van der Waals surface area contributed by atoms with Crippen LogP contribution in [0.1, 0.15) is 65.7 Å². The highest BCUT2D eigenvalue weighted by Gasteiger charge is 2.53. The molecule has 2 N–H and O–H groups in total. The van der Waals surface area contributed by atoms with E-state index in [4.69, 9.17) is 5.11 Å². The number of allylic oxidation sites excluding steroid dienone is 2. The van der Waals surface area contributed by atoms with Crippen LogP contribution in [-0.4, -0.2) is 23.4 Å². The molecule has 2 nitrogen and oxygen atoms in total. The summed E-state index contributed by atoms with van der Waals surface area (Å²) in [5.74, 6) is 1.39. The smallest absolute Gasteiger partial charge is 0.0642 e. The van der Waals surface area contributed by atoms with Crippen molar-refractivity contribution in [3.63, 3.8) is 0 Å². The first kappa shape index (κ1) is 17.7. The van der Waals surface area contributed by atoms with Gasteiger partial charge in [-0.1, -0.05) is 39.0 Å². The third kappa shape index (κ3) is 3.05. The molecular formula is C20H34O2. The van der Waals surface area contributed by atoms with Gasteiger partial charge < -0.3 is 10.2 Å². The second kappa shape index (κ2) is 6.88. The van der Waals surface area contributed by atoms with Gasteiger partial charge in [0.05, 0.1) is 6.61 Å². The van der Waals surface area contributed by atoms with E-state index in [0.29, 0.717) is 23.7 Å². The molecule has 0 aliphatic heterocycles. The molecule has 2 heteroatoms. The molecule has 2 aliphatic rings. The van der Waals surface area contributed by atoms with E-state index < -0.39 is 0 Å². The summed E-state index contributed by atoms with van der Waals surface area (Å²) >= 11 is 0. The van der Waals surface area contributed by atoms with Gasteiger partial charge in [-0.05, 0) is 73.2 Å². The summed E-state index contributed by atoms with van der Waals surface area (Å²) in [5.41, 5.74) is 3.01. The Morgan fingerprint density at radius 3 is 2.68 bits per heavy atom. The van der Waals surface area contributed by atoms with E-state index in [1.807, 2.05) is 0 Å². The number of aliphatic hydroxyl groups is 2. The fraction of sp³-hybridized carbons (Fsp3) is 0.800. The van der Waals surface area contributed by atoms with Crippen LogP contribution < -0.4 is 0 Å². The SMILES string of the molecule is C=C1CCC[C@@H]2[C@@](C)(C/C=C(/CO)CCO)[C@H](C)CC[C@@]12C. The van der Waals surface area contributed by atoms with Crippen molar-refractivity contribution in [1.82, 2.24) is 0 Å². The molecule has 126 valence electrons. The summed E-state index contributed by atoms with van der Waals surface area (Å²) in [6.07, 6.45) is 10.1. The van der Waals surface area contributed by atoms with Crippen molar-refractivity contribution in [1.29, 1.82) is 0 Å². The van der Waals surface area contributed by atoms with E-state index in [-0.39, 0.29) is 18.6 Å².